The Balaban J connectivity index is 1.90. The van der Waals surface area contributed by atoms with E-state index >= 15 is 0 Å². The first-order valence-electron chi connectivity index (χ1n) is 8.45. The van der Waals surface area contributed by atoms with E-state index in [4.69, 9.17) is 27.9 Å². The predicted octanol–water partition coefficient (Wildman–Crippen LogP) is 6.36. The van der Waals surface area contributed by atoms with Crippen LogP contribution in [0.5, 0.6) is 5.75 Å². The Kier molecular flexibility index (Phi) is 6.49. The average Bonchev–Trinajstić information content (AvgIpc) is 2.71. The second kappa shape index (κ2) is 9.23. The number of ketones is 1. The van der Waals surface area contributed by atoms with Gasteiger partial charge in [0.25, 0.3) is 0 Å². The lowest BCUT2D eigenvalue weighted by molar-refractivity contribution is 0.104. The van der Waals surface area contributed by atoms with Crippen LogP contribution in [0.3, 0.4) is 0 Å². The van der Waals surface area contributed by atoms with E-state index in [1.165, 1.54) is 6.08 Å². The van der Waals surface area contributed by atoms with Crippen molar-refractivity contribution in [2.24, 2.45) is 0 Å². The van der Waals surface area contributed by atoms with E-state index in [0.29, 0.717) is 26.9 Å². The van der Waals surface area contributed by atoms with Crippen LogP contribution in [-0.4, -0.2) is 5.78 Å². The molecule has 28 heavy (non-hydrogen) atoms. The normalized spacial score (nSPS) is 11.0. The molecular formula is C23H15Cl2NO2. The molecule has 3 aromatic rings. The van der Waals surface area contributed by atoms with Crippen LogP contribution >= 0.6 is 23.2 Å². The lowest BCUT2D eigenvalue weighted by Gasteiger charge is -2.11. The van der Waals surface area contributed by atoms with E-state index in [-0.39, 0.29) is 18.0 Å². The highest BCUT2D eigenvalue weighted by Crippen LogP contribution is 2.27. The van der Waals surface area contributed by atoms with Crippen LogP contribution in [0, 0.1) is 11.3 Å². The molecular weight excluding hydrogens is 393 g/mol. The Morgan fingerprint density at radius 1 is 0.964 bits per heavy atom. The Labute approximate surface area is 173 Å². The smallest absolute Gasteiger partial charge is 0.203 e. The SMILES string of the molecule is N#CC(=Cc1cc(Cl)ccc1OCc1cccc(Cl)c1)C(=O)c1ccccc1. The molecule has 0 aliphatic carbocycles. The molecule has 138 valence electrons. The minimum Gasteiger partial charge on any atom is -0.488 e. The van der Waals surface area contributed by atoms with E-state index in [2.05, 4.69) is 0 Å². The van der Waals surface area contributed by atoms with Gasteiger partial charge in [-0.15, -0.1) is 0 Å². The largest absolute Gasteiger partial charge is 0.488 e. The number of halogens is 2. The number of ether oxygens (including phenoxy) is 1. The van der Waals surface area contributed by atoms with E-state index in [0.717, 1.165) is 5.56 Å². The second-order valence-electron chi connectivity index (χ2n) is 5.97. The monoisotopic (exact) mass is 407 g/mol. The molecule has 5 heteroatoms. The molecule has 0 N–H and O–H groups in total. The minimum atomic E-state index is -0.358. The number of hydrogen-bond donors (Lipinski definition) is 0. The fourth-order valence-electron chi connectivity index (χ4n) is 2.60. The summed E-state index contributed by atoms with van der Waals surface area (Å²) in [6.07, 6.45) is 1.49. The number of carbonyl (C=O) groups excluding carboxylic acids is 1. The van der Waals surface area contributed by atoms with Crippen LogP contribution in [0.4, 0.5) is 0 Å². The molecule has 0 heterocycles. The van der Waals surface area contributed by atoms with Crippen LogP contribution < -0.4 is 4.74 Å². The van der Waals surface area contributed by atoms with Crippen LogP contribution in [-0.2, 0) is 6.61 Å². The van der Waals surface area contributed by atoms with Crippen molar-refractivity contribution in [3.63, 3.8) is 0 Å². The fourth-order valence-corrected chi connectivity index (χ4v) is 2.99. The number of Topliss-reactive ketones (excluding diaryl/α,β-unsaturated/α-hetero) is 1. The quantitative estimate of drug-likeness (QED) is 0.271. The highest BCUT2D eigenvalue weighted by atomic mass is 35.5. The number of nitriles is 1. The summed E-state index contributed by atoms with van der Waals surface area (Å²) < 4.78 is 5.88. The lowest BCUT2D eigenvalue weighted by Crippen LogP contribution is -2.02. The van der Waals surface area contributed by atoms with Gasteiger partial charge in [0.15, 0.2) is 0 Å². The maximum absolute atomic E-state index is 12.6. The van der Waals surface area contributed by atoms with Crippen molar-refractivity contribution in [3.8, 4) is 11.8 Å². The lowest BCUT2D eigenvalue weighted by atomic mass is 10.0. The van der Waals surface area contributed by atoms with Gasteiger partial charge in [0.2, 0.25) is 5.78 Å². The molecule has 0 bridgehead atoms. The summed E-state index contributed by atoms with van der Waals surface area (Å²) in [5.41, 5.74) is 1.90. The Bertz CT molecular complexity index is 1070. The van der Waals surface area contributed by atoms with Gasteiger partial charge in [-0.25, -0.2) is 0 Å². The zero-order valence-corrected chi connectivity index (χ0v) is 16.2. The number of rotatable bonds is 6. The van der Waals surface area contributed by atoms with Gasteiger partial charge >= 0.3 is 0 Å². The van der Waals surface area contributed by atoms with Crippen LogP contribution in [0.25, 0.3) is 6.08 Å². The molecule has 3 rings (SSSR count). The molecule has 0 aliphatic rings. The third kappa shape index (κ3) is 5.01. The van der Waals surface area contributed by atoms with Gasteiger partial charge in [-0.2, -0.15) is 5.26 Å². The van der Waals surface area contributed by atoms with Gasteiger partial charge in [0, 0.05) is 21.2 Å². The molecule has 0 atom stereocenters. The van der Waals surface area contributed by atoms with Crippen molar-refractivity contribution in [2.45, 2.75) is 6.61 Å². The molecule has 0 radical (unpaired) electrons. The van der Waals surface area contributed by atoms with Gasteiger partial charge in [-0.3, -0.25) is 4.79 Å². The molecule has 0 spiro atoms. The Hall–Kier alpha value is -3.06. The predicted molar refractivity (Wildman–Crippen MR) is 112 cm³/mol. The highest BCUT2D eigenvalue weighted by Gasteiger charge is 2.13. The molecule has 3 aromatic carbocycles. The summed E-state index contributed by atoms with van der Waals surface area (Å²) in [5, 5.41) is 10.6. The third-order valence-electron chi connectivity index (χ3n) is 3.96. The summed E-state index contributed by atoms with van der Waals surface area (Å²) >= 11 is 12.1. The van der Waals surface area contributed by atoms with E-state index in [1.807, 2.05) is 30.3 Å². The summed E-state index contributed by atoms with van der Waals surface area (Å²) in [6, 6.07) is 23.0. The van der Waals surface area contributed by atoms with Crippen LogP contribution in [0.2, 0.25) is 10.0 Å². The maximum atomic E-state index is 12.6. The highest BCUT2D eigenvalue weighted by molar-refractivity contribution is 6.31. The average molecular weight is 408 g/mol. The standard InChI is InChI=1S/C23H15Cl2NO2/c24-20-8-4-5-16(11-20)15-28-22-10-9-21(25)13-18(22)12-19(14-26)23(27)17-6-2-1-3-7-17/h1-13H,15H2. The molecule has 0 aromatic heterocycles. The summed E-state index contributed by atoms with van der Waals surface area (Å²) in [5.74, 6) is 0.154. The van der Waals surface area contributed by atoms with Gasteiger partial charge in [-0.05, 0) is 42.0 Å². The molecule has 0 saturated heterocycles. The van der Waals surface area contributed by atoms with E-state index < -0.39 is 0 Å². The van der Waals surface area contributed by atoms with Crippen molar-refractivity contribution in [3.05, 3.63) is 105 Å². The maximum Gasteiger partial charge on any atom is 0.203 e. The number of hydrogen-bond acceptors (Lipinski definition) is 3. The van der Waals surface area contributed by atoms with Gasteiger partial charge < -0.3 is 4.74 Å². The third-order valence-corrected chi connectivity index (χ3v) is 4.43. The summed E-state index contributed by atoms with van der Waals surface area (Å²) in [4.78, 5) is 12.6. The number of nitrogens with zero attached hydrogens (tertiary/aromatic N) is 1. The van der Waals surface area contributed by atoms with Gasteiger partial charge in [-0.1, -0.05) is 65.7 Å². The topological polar surface area (TPSA) is 50.1 Å². The number of carbonyl (C=O) groups is 1. The molecule has 0 aliphatic heterocycles. The first-order valence-corrected chi connectivity index (χ1v) is 9.21. The first-order chi connectivity index (χ1) is 13.6. The fraction of sp³-hybridized carbons (Fsp3) is 0.0435. The number of benzene rings is 3. The first kappa shape index (κ1) is 19.7. The van der Waals surface area contributed by atoms with Crippen molar-refractivity contribution < 1.29 is 9.53 Å². The molecule has 0 unspecified atom stereocenters. The zero-order valence-electron chi connectivity index (χ0n) is 14.7. The van der Waals surface area contributed by atoms with Gasteiger partial charge in [0.05, 0.1) is 0 Å². The van der Waals surface area contributed by atoms with Crippen molar-refractivity contribution >= 4 is 35.1 Å². The summed E-state index contributed by atoms with van der Waals surface area (Å²) in [7, 11) is 0. The molecule has 0 saturated carbocycles. The second-order valence-corrected chi connectivity index (χ2v) is 6.84. The van der Waals surface area contributed by atoms with Crippen molar-refractivity contribution in [1.29, 1.82) is 5.26 Å². The Morgan fingerprint density at radius 2 is 1.71 bits per heavy atom. The van der Waals surface area contributed by atoms with Crippen LogP contribution in [0.1, 0.15) is 21.5 Å². The summed E-state index contributed by atoms with van der Waals surface area (Å²) in [6.45, 7) is 0.289. The van der Waals surface area contributed by atoms with Crippen molar-refractivity contribution in [2.75, 3.05) is 0 Å². The zero-order chi connectivity index (χ0) is 19.9. The number of allylic oxidation sites excluding steroid dienone is 1. The molecule has 3 nitrogen and oxygen atoms in total. The minimum absolute atomic E-state index is 0.000993. The molecule has 0 fully saturated rings. The van der Waals surface area contributed by atoms with E-state index in [1.54, 1.807) is 48.5 Å². The Morgan fingerprint density at radius 3 is 2.43 bits per heavy atom. The van der Waals surface area contributed by atoms with Gasteiger partial charge in [0.1, 0.15) is 24.0 Å². The van der Waals surface area contributed by atoms with Crippen LogP contribution in [0.15, 0.2) is 78.4 Å². The molecule has 0 amide bonds. The van der Waals surface area contributed by atoms with Crippen molar-refractivity contribution in [1.82, 2.24) is 0 Å². The van der Waals surface area contributed by atoms with E-state index in [9.17, 15) is 10.1 Å².